The monoisotopic (exact) mass is 254 g/mol. The van der Waals surface area contributed by atoms with Gasteiger partial charge in [-0.25, -0.2) is 0 Å². The third kappa shape index (κ3) is 3.17. The lowest BCUT2D eigenvalue weighted by atomic mass is 10.1. The number of hydrogen-bond acceptors (Lipinski definition) is 5. The smallest absolute Gasteiger partial charge is 0.186 e. The van der Waals surface area contributed by atoms with Crippen LogP contribution in [0.2, 0.25) is 0 Å². The first kappa shape index (κ1) is 11.8. The molecular weight excluding hydrogens is 240 g/mol. The van der Waals surface area contributed by atoms with Gasteiger partial charge in [-0.05, 0) is 24.6 Å². The summed E-state index contributed by atoms with van der Waals surface area (Å²) in [6, 6.07) is 0. The molecular formula is C11H14N2OS2. The zero-order valence-electron chi connectivity index (χ0n) is 9.10. The fourth-order valence-electron chi connectivity index (χ4n) is 1.72. The van der Waals surface area contributed by atoms with Crippen LogP contribution in [0, 0.1) is 0 Å². The number of rotatable bonds is 2. The van der Waals surface area contributed by atoms with Crippen LogP contribution in [0.15, 0.2) is 17.3 Å². The number of carbonyl (C=O) groups is 1. The van der Waals surface area contributed by atoms with Gasteiger partial charge in [0.25, 0.3) is 0 Å². The van der Waals surface area contributed by atoms with Gasteiger partial charge in [0.15, 0.2) is 5.12 Å². The van der Waals surface area contributed by atoms with E-state index >= 15 is 0 Å². The molecule has 0 aromatic carbocycles. The molecule has 1 aromatic rings. The number of aromatic nitrogens is 1. The van der Waals surface area contributed by atoms with Crippen molar-refractivity contribution in [1.29, 1.82) is 0 Å². The van der Waals surface area contributed by atoms with E-state index < -0.39 is 0 Å². The molecule has 5 heteroatoms. The lowest BCUT2D eigenvalue weighted by molar-refractivity contribution is -0.109. The highest BCUT2D eigenvalue weighted by atomic mass is 32.2. The van der Waals surface area contributed by atoms with E-state index in [1.165, 1.54) is 17.3 Å². The molecule has 1 saturated heterocycles. The van der Waals surface area contributed by atoms with E-state index in [0.29, 0.717) is 5.25 Å². The number of nitrogens with zero attached hydrogens (tertiary/aromatic N) is 1. The highest BCUT2D eigenvalue weighted by Gasteiger charge is 2.20. The second-order valence-electron chi connectivity index (χ2n) is 3.69. The Kier molecular flexibility index (Phi) is 4.15. The summed E-state index contributed by atoms with van der Waals surface area (Å²) < 4.78 is 0. The summed E-state index contributed by atoms with van der Waals surface area (Å²) in [7, 11) is 0. The SMILES string of the molecule is CC(=O)SC1CCNCC1=Cc1cncs1. The van der Waals surface area contributed by atoms with Crippen molar-refractivity contribution >= 4 is 34.3 Å². The molecule has 1 N–H and O–H groups in total. The Balaban J connectivity index is 2.12. The molecule has 0 radical (unpaired) electrons. The maximum atomic E-state index is 11.2. The van der Waals surface area contributed by atoms with Gasteiger partial charge in [0.2, 0.25) is 0 Å². The molecule has 2 heterocycles. The van der Waals surface area contributed by atoms with Gasteiger partial charge in [0, 0.05) is 29.8 Å². The molecule has 1 fully saturated rings. The number of thiazole rings is 1. The van der Waals surface area contributed by atoms with Crippen LogP contribution in [0.4, 0.5) is 0 Å². The Morgan fingerprint density at radius 2 is 2.62 bits per heavy atom. The number of carbonyl (C=O) groups excluding carboxylic acids is 1. The molecule has 0 aliphatic carbocycles. The van der Waals surface area contributed by atoms with Gasteiger partial charge < -0.3 is 5.32 Å². The van der Waals surface area contributed by atoms with E-state index in [-0.39, 0.29) is 5.12 Å². The van der Waals surface area contributed by atoms with Crippen molar-refractivity contribution in [3.05, 3.63) is 22.2 Å². The lowest BCUT2D eigenvalue weighted by Gasteiger charge is -2.24. The van der Waals surface area contributed by atoms with Crippen LogP contribution in [0.3, 0.4) is 0 Å². The largest absolute Gasteiger partial charge is 0.313 e. The van der Waals surface area contributed by atoms with E-state index in [1.54, 1.807) is 18.3 Å². The first-order chi connectivity index (χ1) is 7.75. The van der Waals surface area contributed by atoms with Gasteiger partial charge in [-0.3, -0.25) is 9.78 Å². The van der Waals surface area contributed by atoms with E-state index in [0.717, 1.165) is 24.4 Å². The highest BCUT2D eigenvalue weighted by Crippen LogP contribution is 2.27. The number of nitrogens with one attached hydrogen (secondary N) is 1. The standard InChI is InChI=1S/C11H14N2OS2/c1-8(14)16-11-2-3-12-5-9(11)4-10-6-13-7-15-10/h4,6-7,11-12H,2-3,5H2,1H3. The van der Waals surface area contributed by atoms with Gasteiger partial charge >= 0.3 is 0 Å². The molecule has 0 bridgehead atoms. The number of piperidine rings is 1. The molecule has 86 valence electrons. The second kappa shape index (κ2) is 5.61. The zero-order valence-corrected chi connectivity index (χ0v) is 10.7. The van der Waals surface area contributed by atoms with Crippen molar-refractivity contribution in [2.75, 3.05) is 13.1 Å². The van der Waals surface area contributed by atoms with Gasteiger partial charge in [-0.1, -0.05) is 11.8 Å². The van der Waals surface area contributed by atoms with Crippen molar-refractivity contribution in [3.63, 3.8) is 0 Å². The topological polar surface area (TPSA) is 42.0 Å². The van der Waals surface area contributed by atoms with E-state index in [4.69, 9.17) is 0 Å². The molecule has 0 saturated carbocycles. The third-order valence-electron chi connectivity index (χ3n) is 2.41. The molecule has 0 amide bonds. The first-order valence-electron chi connectivity index (χ1n) is 5.22. The van der Waals surface area contributed by atoms with Crippen LogP contribution in [0.5, 0.6) is 0 Å². The molecule has 1 unspecified atom stereocenters. The van der Waals surface area contributed by atoms with Crippen LogP contribution in [-0.4, -0.2) is 28.4 Å². The van der Waals surface area contributed by atoms with Crippen LogP contribution in [0.25, 0.3) is 6.08 Å². The van der Waals surface area contributed by atoms with Crippen LogP contribution >= 0.6 is 23.1 Å². The highest BCUT2D eigenvalue weighted by molar-refractivity contribution is 8.14. The lowest BCUT2D eigenvalue weighted by Crippen LogP contribution is -2.32. The van der Waals surface area contributed by atoms with Gasteiger partial charge in [-0.2, -0.15) is 0 Å². The third-order valence-corrected chi connectivity index (χ3v) is 4.29. The Bertz CT molecular complexity index is 387. The Hall–Kier alpha value is -0.650. The molecule has 3 nitrogen and oxygen atoms in total. The first-order valence-corrected chi connectivity index (χ1v) is 6.98. The fraction of sp³-hybridized carbons (Fsp3) is 0.455. The average Bonchev–Trinajstić information content (AvgIpc) is 2.73. The van der Waals surface area contributed by atoms with Gasteiger partial charge in [0.05, 0.1) is 5.51 Å². The minimum atomic E-state index is 0.196. The molecule has 0 spiro atoms. The summed E-state index contributed by atoms with van der Waals surface area (Å²) in [6.07, 6.45) is 5.04. The van der Waals surface area contributed by atoms with Gasteiger partial charge in [-0.15, -0.1) is 11.3 Å². The summed E-state index contributed by atoms with van der Waals surface area (Å²) in [6.45, 7) is 3.50. The maximum Gasteiger partial charge on any atom is 0.186 e. The second-order valence-corrected chi connectivity index (χ2v) is 5.98. The number of thioether (sulfide) groups is 1. The Morgan fingerprint density at radius 1 is 1.75 bits per heavy atom. The van der Waals surface area contributed by atoms with Crippen LogP contribution in [0.1, 0.15) is 18.2 Å². The van der Waals surface area contributed by atoms with Crippen molar-refractivity contribution < 1.29 is 4.79 Å². The Labute approximate surface area is 103 Å². The van der Waals surface area contributed by atoms with Gasteiger partial charge in [0.1, 0.15) is 0 Å². The average molecular weight is 254 g/mol. The van der Waals surface area contributed by atoms with E-state index in [9.17, 15) is 4.79 Å². The molecule has 1 aliphatic heterocycles. The summed E-state index contributed by atoms with van der Waals surface area (Å²) in [4.78, 5) is 16.4. The summed E-state index contributed by atoms with van der Waals surface area (Å²) >= 11 is 3.07. The molecule has 1 aliphatic rings. The van der Waals surface area contributed by atoms with E-state index in [1.807, 2.05) is 11.7 Å². The summed E-state index contributed by atoms with van der Waals surface area (Å²) in [5.41, 5.74) is 3.13. The molecule has 1 aromatic heterocycles. The van der Waals surface area contributed by atoms with Crippen molar-refractivity contribution in [3.8, 4) is 0 Å². The maximum absolute atomic E-state index is 11.2. The quantitative estimate of drug-likeness (QED) is 0.878. The predicted molar refractivity (Wildman–Crippen MR) is 69.6 cm³/mol. The molecule has 2 rings (SSSR count). The minimum Gasteiger partial charge on any atom is -0.313 e. The number of hydrogen-bond donors (Lipinski definition) is 1. The van der Waals surface area contributed by atoms with Crippen LogP contribution in [-0.2, 0) is 4.79 Å². The van der Waals surface area contributed by atoms with E-state index in [2.05, 4.69) is 16.4 Å². The molecule has 1 atom stereocenters. The fourth-order valence-corrected chi connectivity index (χ4v) is 3.25. The Morgan fingerprint density at radius 3 is 3.31 bits per heavy atom. The summed E-state index contributed by atoms with van der Waals surface area (Å²) in [5.74, 6) is 0. The van der Waals surface area contributed by atoms with Crippen molar-refractivity contribution in [1.82, 2.24) is 10.3 Å². The molecule has 16 heavy (non-hydrogen) atoms. The minimum absolute atomic E-state index is 0.196. The normalized spacial score (nSPS) is 23.6. The summed E-state index contributed by atoms with van der Waals surface area (Å²) in [5, 5.41) is 3.87. The van der Waals surface area contributed by atoms with Crippen molar-refractivity contribution in [2.45, 2.75) is 18.6 Å². The van der Waals surface area contributed by atoms with Crippen molar-refractivity contribution in [2.24, 2.45) is 0 Å². The zero-order chi connectivity index (χ0) is 11.4. The predicted octanol–water partition coefficient (Wildman–Crippen LogP) is 2.17. The van der Waals surface area contributed by atoms with Crippen LogP contribution < -0.4 is 5.32 Å².